The molecule has 0 amide bonds. The van der Waals surface area contributed by atoms with E-state index < -0.39 is 10.0 Å². The molecule has 1 aromatic rings. The molecule has 1 aliphatic rings. The Kier molecular flexibility index (Phi) is 4.99. The molecule has 20 heavy (non-hydrogen) atoms. The maximum Gasteiger partial charge on any atom is 0.241 e. The molecule has 1 aromatic heterocycles. The number of anilines is 1. The second-order valence-electron chi connectivity index (χ2n) is 5.50. The van der Waals surface area contributed by atoms with Crippen molar-refractivity contribution in [3.8, 4) is 0 Å². The first kappa shape index (κ1) is 15.3. The number of rotatable bonds is 5. The smallest absolute Gasteiger partial charge is 0.241 e. The number of nitrogens with zero attached hydrogens (tertiary/aromatic N) is 1. The van der Waals surface area contributed by atoms with Crippen LogP contribution >= 0.6 is 0 Å². The molecule has 2 unspecified atom stereocenters. The van der Waals surface area contributed by atoms with Gasteiger partial charge in [-0.05, 0) is 31.7 Å². The number of hydrogen-bond acceptors (Lipinski definition) is 4. The predicted octanol–water partition coefficient (Wildman–Crippen LogP) is 2.37. The van der Waals surface area contributed by atoms with Crippen LogP contribution in [0.5, 0.6) is 0 Å². The van der Waals surface area contributed by atoms with E-state index in [1.165, 1.54) is 18.7 Å². The summed E-state index contributed by atoms with van der Waals surface area (Å²) in [5.74, 6) is 1.18. The quantitative estimate of drug-likeness (QED) is 0.875. The highest BCUT2D eigenvalue weighted by Gasteiger charge is 2.24. The number of sulfonamides is 1. The van der Waals surface area contributed by atoms with E-state index in [4.69, 9.17) is 0 Å². The normalized spacial score (nSPS) is 23.5. The lowest BCUT2D eigenvalue weighted by molar-refractivity contribution is 0.327. The van der Waals surface area contributed by atoms with Gasteiger partial charge in [0.05, 0.1) is 4.90 Å². The average Bonchev–Trinajstić information content (AvgIpc) is 2.39. The zero-order valence-electron chi connectivity index (χ0n) is 12.1. The van der Waals surface area contributed by atoms with Crippen LogP contribution in [0.25, 0.3) is 0 Å². The summed E-state index contributed by atoms with van der Waals surface area (Å²) >= 11 is 0. The summed E-state index contributed by atoms with van der Waals surface area (Å²) in [5.41, 5.74) is 0. The monoisotopic (exact) mass is 297 g/mol. The fourth-order valence-electron chi connectivity index (χ4n) is 2.68. The Hall–Kier alpha value is -1.14. The van der Waals surface area contributed by atoms with Crippen molar-refractivity contribution in [2.24, 2.45) is 5.92 Å². The molecule has 0 aliphatic heterocycles. The Morgan fingerprint density at radius 3 is 2.90 bits per heavy atom. The summed E-state index contributed by atoms with van der Waals surface area (Å²) in [6.07, 6.45) is 5.65. The fourth-order valence-corrected chi connectivity index (χ4v) is 3.98. The molecule has 1 saturated carbocycles. The number of aromatic nitrogens is 1. The van der Waals surface area contributed by atoms with E-state index in [2.05, 4.69) is 21.9 Å². The highest BCUT2D eigenvalue weighted by atomic mass is 32.2. The van der Waals surface area contributed by atoms with Gasteiger partial charge in [0.2, 0.25) is 10.0 Å². The van der Waals surface area contributed by atoms with E-state index in [1.807, 2.05) is 6.92 Å². The first-order chi connectivity index (χ1) is 9.51. The van der Waals surface area contributed by atoms with Crippen LogP contribution in [0, 0.1) is 5.92 Å². The first-order valence-electron chi connectivity index (χ1n) is 7.23. The molecule has 5 nitrogen and oxygen atoms in total. The van der Waals surface area contributed by atoms with Gasteiger partial charge in [-0.15, -0.1) is 0 Å². The van der Waals surface area contributed by atoms with Gasteiger partial charge in [-0.2, -0.15) is 0 Å². The van der Waals surface area contributed by atoms with E-state index in [1.54, 1.807) is 6.07 Å². The maximum atomic E-state index is 12.4. The predicted molar refractivity (Wildman–Crippen MR) is 80.1 cm³/mol. The molecule has 0 spiro atoms. The Balaban J connectivity index is 2.11. The van der Waals surface area contributed by atoms with Gasteiger partial charge >= 0.3 is 0 Å². The van der Waals surface area contributed by atoms with Crippen molar-refractivity contribution in [2.45, 2.75) is 50.5 Å². The molecular weight excluding hydrogens is 274 g/mol. The molecule has 2 atom stereocenters. The third-order valence-corrected chi connectivity index (χ3v) is 5.18. The van der Waals surface area contributed by atoms with Crippen LogP contribution in [-0.2, 0) is 10.0 Å². The minimum atomic E-state index is -3.45. The molecule has 6 heteroatoms. The van der Waals surface area contributed by atoms with Crippen molar-refractivity contribution < 1.29 is 8.42 Å². The van der Waals surface area contributed by atoms with Gasteiger partial charge in [0.25, 0.3) is 0 Å². The highest BCUT2D eigenvalue weighted by molar-refractivity contribution is 7.89. The molecule has 2 N–H and O–H groups in total. The largest absolute Gasteiger partial charge is 0.370 e. The molecule has 0 saturated heterocycles. The second kappa shape index (κ2) is 6.54. The Labute approximate surface area is 121 Å². The number of nitrogens with one attached hydrogen (secondary N) is 2. The molecule has 112 valence electrons. The van der Waals surface area contributed by atoms with Gasteiger partial charge in [-0.3, -0.25) is 0 Å². The van der Waals surface area contributed by atoms with Crippen molar-refractivity contribution in [2.75, 3.05) is 11.9 Å². The molecule has 0 radical (unpaired) electrons. The number of hydrogen-bond donors (Lipinski definition) is 2. The topological polar surface area (TPSA) is 71.1 Å². The van der Waals surface area contributed by atoms with Crippen molar-refractivity contribution in [3.63, 3.8) is 0 Å². The summed E-state index contributed by atoms with van der Waals surface area (Å²) in [7, 11) is -3.45. The summed E-state index contributed by atoms with van der Waals surface area (Å²) in [5, 5.41) is 3.03. The van der Waals surface area contributed by atoms with Crippen molar-refractivity contribution in [1.29, 1.82) is 0 Å². The summed E-state index contributed by atoms with van der Waals surface area (Å²) in [4.78, 5) is 4.38. The summed E-state index contributed by atoms with van der Waals surface area (Å²) < 4.78 is 27.6. The Morgan fingerprint density at radius 1 is 1.40 bits per heavy atom. The van der Waals surface area contributed by atoms with E-state index >= 15 is 0 Å². The van der Waals surface area contributed by atoms with Crippen LogP contribution in [0.1, 0.15) is 39.5 Å². The minimum Gasteiger partial charge on any atom is -0.370 e. The van der Waals surface area contributed by atoms with E-state index in [0.29, 0.717) is 18.3 Å². The molecule has 2 rings (SSSR count). The first-order valence-corrected chi connectivity index (χ1v) is 8.72. The summed E-state index contributed by atoms with van der Waals surface area (Å²) in [6, 6.07) is 3.17. The second-order valence-corrected chi connectivity index (χ2v) is 7.21. The van der Waals surface area contributed by atoms with Crippen molar-refractivity contribution in [1.82, 2.24) is 9.71 Å². The van der Waals surface area contributed by atoms with E-state index in [9.17, 15) is 8.42 Å². The number of pyridine rings is 1. The van der Waals surface area contributed by atoms with Gasteiger partial charge in [0.15, 0.2) is 0 Å². The molecule has 0 aromatic carbocycles. The van der Waals surface area contributed by atoms with E-state index in [-0.39, 0.29) is 10.9 Å². The molecule has 1 heterocycles. The Bertz CT molecular complexity index is 545. The molecule has 0 bridgehead atoms. The zero-order chi connectivity index (χ0) is 14.6. The third kappa shape index (κ3) is 3.93. The van der Waals surface area contributed by atoms with Gasteiger partial charge < -0.3 is 5.32 Å². The van der Waals surface area contributed by atoms with Gasteiger partial charge in [-0.1, -0.05) is 19.8 Å². The van der Waals surface area contributed by atoms with Crippen molar-refractivity contribution in [3.05, 3.63) is 18.3 Å². The van der Waals surface area contributed by atoms with Crippen LogP contribution in [0.2, 0.25) is 0 Å². The third-order valence-electron chi connectivity index (χ3n) is 3.66. The maximum absolute atomic E-state index is 12.4. The molecule has 1 fully saturated rings. The van der Waals surface area contributed by atoms with Gasteiger partial charge in [-0.25, -0.2) is 18.1 Å². The minimum absolute atomic E-state index is 0.0551. The zero-order valence-corrected chi connectivity index (χ0v) is 12.9. The fraction of sp³-hybridized carbons (Fsp3) is 0.643. The SMILES string of the molecule is CCNc1cc(S(=O)(=O)NC2CCCC(C)C2)ccn1. The van der Waals surface area contributed by atoms with Crippen LogP contribution in [0.15, 0.2) is 23.2 Å². The van der Waals surface area contributed by atoms with Gasteiger partial charge in [0, 0.05) is 24.8 Å². The van der Waals surface area contributed by atoms with Crippen LogP contribution in [0.3, 0.4) is 0 Å². The lowest BCUT2D eigenvalue weighted by atomic mass is 9.88. The Morgan fingerprint density at radius 2 is 2.20 bits per heavy atom. The van der Waals surface area contributed by atoms with Crippen LogP contribution < -0.4 is 10.0 Å². The molecule has 1 aliphatic carbocycles. The lowest BCUT2D eigenvalue weighted by Crippen LogP contribution is -2.37. The van der Waals surface area contributed by atoms with Crippen LogP contribution in [0.4, 0.5) is 5.82 Å². The summed E-state index contributed by atoms with van der Waals surface area (Å²) in [6.45, 7) is 4.84. The standard InChI is InChI=1S/C14H23N3O2S/c1-3-15-14-10-13(7-8-16-14)20(18,19)17-12-6-4-5-11(2)9-12/h7-8,10-12,17H,3-6,9H2,1-2H3,(H,15,16). The van der Waals surface area contributed by atoms with Crippen LogP contribution in [-0.4, -0.2) is 26.0 Å². The highest BCUT2D eigenvalue weighted by Crippen LogP contribution is 2.25. The van der Waals surface area contributed by atoms with E-state index in [0.717, 1.165) is 19.3 Å². The van der Waals surface area contributed by atoms with Gasteiger partial charge in [0.1, 0.15) is 5.82 Å². The molecular formula is C14H23N3O2S. The lowest BCUT2D eigenvalue weighted by Gasteiger charge is -2.27. The average molecular weight is 297 g/mol. The van der Waals surface area contributed by atoms with Crippen molar-refractivity contribution >= 4 is 15.8 Å².